The van der Waals surface area contributed by atoms with Crippen LogP contribution in [0.1, 0.15) is 24.0 Å². The van der Waals surface area contributed by atoms with Gasteiger partial charge in [0, 0.05) is 30.2 Å². The number of methoxy groups -OCH3 is 2. The molecule has 7 nitrogen and oxygen atoms in total. The number of nitrogens with zero attached hydrogens (tertiary/aromatic N) is 1. The van der Waals surface area contributed by atoms with Gasteiger partial charge in [0.25, 0.3) is 0 Å². The lowest BCUT2D eigenvalue weighted by molar-refractivity contribution is -0.145. The predicted octanol–water partition coefficient (Wildman–Crippen LogP) is 3.20. The standard InChI is InChI=1S/C20H23NO6S2/c1-5-21(6-2)12-8-7-11-9-13(17(22)27-14(11)10-12)20-28-15(18(23)25-3)16(29-20)19(24)26-4/h7-10,15-16,20H,5-6H2,1-4H3/t15-,16+,20?. The molecule has 2 aromatic rings. The minimum atomic E-state index is -0.748. The van der Waals surface area contributed by atoms with Gasteiger partial charge in [-0.1, -0.05) is 0 Å². The number of esters is 2. The van der Waals surface area contributed by atoms with E-state index in [0.29, 0.717) is 11.1 Å². The van der Waals surface area contributed by atoms with Crippen LogP contribution in [0.4, 0.5) is 5.69 Å². The Balaban J connectivity index is 1.96. The van der Waals surface area contributed by atoms with Crippen molar-refractivity contribution in [3.05, 3.63) is 40.2 Å². The van der Waals surface area contributed by atoms with Crippen molar-refractivity contribution in [1.82, 2.24) is 0 Å². The molecule has 0 saturated carbocycles. The third-order valence-electron chi connectivity index (χ3n) is 4.81. The lowest BCUT2D eigenvalue weighted by Crippen LogP contribution is -2.33. The second-order valence-corrected chi connectivity index (χ2v) is 9.18. The fourth-order valence-electron chi connectivity index (χ4n) is 3.24. The summed E-state index contributed by atoms with van der Waals surface area (Å²) in [6, 6.07) is 7.53. The quantitative estimate of drug-likeness (QED) is 0.499. The van der Waals surface area contributed by atoms with Crippen LogP contribution in [-0.4, -0.2) is 49.7 Å². The second-order valence-electron chi connectivity index (χ2n) is 6.38. The smallest absolute Gasteiger partial charge is 0.341 e. The van der Waals surface area contributed by atoms with E-state index in [4.69, 9.17) is 13.9 Å². The van der Waals surface area contributed by atoms with E-state index in [2.05, 4.69) is 18.7 Å². The maximum Gasteiger partial charge on any atom is 0.341 e. The Morgan fingerprint density at radius 1 is 1.03 bits per heavy atom. The Morgan fingerprint density at radius 3 is 2.14 bits per heavy atom. The summed E-state index contributed by atoms with van der Waals surface area (Å²) in [6.45, 7) is 5.83. The van der Waals surface area contributed by atoms with E-state index in [1.165, 1.54) is 37.7 Å². The van der Waals surface area contributed by atoms with Crippen molar-refractivity contribution in [2.24, 2.45) is 0 Å². The van der Waals surface area contributed by atoms with Gasteiger partial charge < -0.3 is 18.8 Å². The predicted molar refractivity (Wildman–Crippen MR) is 116 cm³/mol. The number of anilines is 1. The first-order chi connectivity index (χ1) is 13.9. The summed E-state index contributed by atoms with van der Waals surface area (Å²) < 4.78 is 14.8. The number of benzene rings is 1. The first-order valence-electron chi connectivity index (χ1n) is 9.22. The second kappa shape index (κ2) is 9.13. The molecule has 1 aromatic heterocycles. The highest BCUT2D eigenvalue weighted by Gasteiger charge is 2.47. The average molecular weight is 438 g/mol. The molecule has 1 unspecified atom stereocenters. The molecule has 0 spiro atoms. The van der Waals surface area contributed by atoms with E-state index in [1.54, 1.807) is 6.07 Å². The molecule has 3 rings (SSSR count). The number of hydrogen-bond donors (Lipinski definition) is 0. The van der Waals surface area contributed by atoms with Gasteiger partial charge in [-0.3, -0.25) is 9.59 Å². The molecule has 29 heavy (non-hydrogen) atoms. The molecule has 1 aromatic carbocycles. The number of rotatable bonds is 6. The van der Waals surface area contributed by atoms with Crippen LogP contribution in [0.5, 0.6) is 0 Å². The summed E-state index contributed by atoms with van der Waals surface area (Å²) in [4.78, 5) is 39.1. The largest absolute Gasteiger partial charge is 0.468 e. The van der Waals surface area contributed by atoms with Crippen LogP contribution in [0.15, 0.2) is 33.5 Å². The topological polar surface area (TPSA) is 86.0 Å². The Labute approximate surface area is 177 Å². The van der Waals surface area contributed by atoms with Crippen LogP contribution in [-0.2, 0) is 19.1 Å². The van der Waals surface area contributed by atoms with E-state index in [1.807, 2.05) is 18.2 Å². The zero-order chi connectivity index (χ0) is 21.1. The number of fused-ring (bicyclic) bond motifs is 1. The maximum atomic E-state index is 12.7. The highest BCUT2D eigenvalue weighted by molar-refractivity contribution is 8.21. The van der Waals surface area contributed by atoms with Crippen molar-refractivity contribution in [1.29, 1.82) is 0 Å². The summed E-state index contributed by atoms with van der Waals surface area (Å²) in [5, 5.41) is -0.710. The summed E-state index contributed by atoms with van der Waals surface area (Å²) in [6.07, 6.45) is 0. The van der Waals surface area contributed by atoms with Gasteiger partial charge in [-0.25, -0.2) is 4.79 Å². The van der Waals surface area contributed by atoms with Gasteiger partial charge in [-0.2, -0.15) is 0 Å². The molecule has 0 radical (unpaired) electrons. The van der Waals surface area contributed by atoms with Crippen LogP contribution in [0.25, 0.3) is 11.0 Å². The molecule has 2 heterocycles. The average Bonchev–Trinajstić information content (AvgIpc) is 3.18. The van der Waals surface area contributed by atoms with Crippen LogP contribution in [0, 0.1) is 0 Å². The number of carbonyl (C=O) groups is 2. The first-order valence-corrected chi connectivity index (χ1v) is 11.1. The van der Waals surface area contributed by atoms with Crippen molar-refractivity contribution in [2.45, 2.75) is 28.9 Å². The van der Waals surface area contributed by atoms with E-state index in [0.717, 1.165) is 24.2 Å². The van der Waals surface area contributed by atoms with Gasteiger partial charge in [0.1, 0.15) is 16.1 Å². The molecular formula is C20H23NO6S2. The van der Waals surface area contributed by atoms with Crippen LogP contribution in [0.3, 0.4) is 0 Å². The minimum Gasteiger partial charge on any atom is -0.468 e. The number of hydrogen-bond acceptors (Lipinski definition) is 9. The van der Waals surface area contributed by atoms with E-state index in [-0.39, 0.29) is 0 Å². The maximum absolute atomic E-state index is 12.7. The molecule has 1 aliphatic rings. The molecular weight excluding hydrogens is 414 g/mol. The Bertz CT molecular complexity index is 947. The van der Waals surface area contributed by atoms with Crippen LogP contribution < -0.4 is 10.5 Å². The summed E-state index contributed by atoms with van der Waals surface area (Å²) >= 11 is 2.41. The van der Waals surface area contributed by atoms with Gasteiger partial charge in [-0.15, -0.1) is 23.5 Å². The fourth-order valence-corrected chi connectivity index (χ4v) is 6.68. The van der Waals surface area contributed by atoms with Gasteiger partial charge in [0.2, 0.25) is 0 Å². The highest BCUT2D eigenvalue weighted by atomic mass is 32.2. The molecule has 1 fully saturated rings. The molecule has 3 atom stereocenters. The van der Waals surface area contributed by atoms with E-state index in [9.17, 15) is 14.4 Å². The van der Waals surface area contributed by atoms with Gasteiger partial charge >= 0.3 is 17.6 Å². The Morgan fingerprint density at radius 2 is 1.62 bits per heavy atom. The van der Waals surface area contributed by atoms with Crippen LogP contribution in [0.2, 0.25) is 0 Å². The van der Waals surface area contributed by atoms with Gasteiger partial charge in [0.05, 0.1) is 24.4 Å². The monoisotopic (exact) mass is 437 g/mol. The highest BCUT2D eigenvalue weighted by Crippen LogP contribution is 2.53. The lowest BCUT2D eigenvalue weighted by Gasteiger charge is -2.21. The molecule has 1 saturated heterocycles. The first kappa shape index (κ1) is 21.6. The SMILES string of the molecule is CCN(CC)c1ccc2cc(C3S[C@H](C(=O)OC)[C@H](C(=O)OC)S3)c(=O)oc2c1. The van der Waals surface area contributed by atoms with Crippen molar-refractivity contribution in [3.63, 3.8) is 0 Å². The summed E-state index contributed by atoms with van der Waals surface area (Å²) in [5.41, 5.74) is 1.42. The molecule has 0 aliphatic carbocycles. The normalized spacial score (nSPS) is 21.2. The third kappa shape index (κ3) is 4.25. The number of carbonyl (C=O) groups excluding carboxylic acids is 2. The molecule has 1 aliphatic heterocycles. The van der Waals surface area contributed by atoms with Gasteiger partial charge in [0.15, 0.2) is 0 Å². The zero-order valence-corrected chi connectivity index (χ0v) is 18.3. The van der Waals surface area contributed by atoms with Crippen molar-refractivity contribution < 1.29 is 23.5 Å². The summed E-state index contributed by atoms with van der Waals surface area (Å²) in [5.74, 6) is -1.04. The molecule has 0 amide bonds. The number of thioether (sulfide) groups is 2. The molecule has 9 heteroatoms. The number of ether oxygens (including phenoxy) is 2. The lowest BCUT2D eigenvalue weighted by atomic mass is 10.1. The summed E-state index contributed by atoms with van der Waals surface area (Å²) in [7, 11) is 2.54. The third-order valence-corrected chi connectivity index (χ3v) is 8.17. The molecule has 156 valence electrons. The van der Waals surface area contributed by atoms with Crippen LogP contribution >= 0.6 is 23.5 Å². The van der Waals surface area contributed by atoms with Crippen molar-refractivity contribution >= 4 is 52.1 Å². The van der Waals surface area contributed by atoms with Gasteiger partial charge in [-0.05, 0) is 32.0 Å². The molecule has 0 bridgehead atoms. The zero-order valence-electron chi connectivity index (χ0n) is 16.7. The van der Waals surface area contributed by atoms with Crippen molar-refractivity contribution in [3.8, 4) is 0 Å². The fraction of sp³-hybridized carbons (Fsp3) is 0.450. The van der Waals surface area contributed by atoms with E-state index >= 15 is 0 Å². The Kier molecular flexibility index (Phi) is 6.79. The van der Waals surface area contributed by atoms with Crippen molar-refractivity contribution in [2.75, 3.05) is 32.2 Å². The molecule has 0 N–H and O–H groups in total. The van der Waals surface area contributed by atoms with E-state index < -0.39 is 32.6 Å². The minimum absolute atomic E-state index is 0.406. The Hall–Kier alpha value is -2.13.